The molecule has 6 heteroatoms. The molecule has 10 aromatic rings. The van der Waals surface area contributed by atoms with Crippen LogP contribution < -0.4 is 0 Å². The van der Waals surface area contributed by atoms with Gasteiger partial charge in [0.05, 0.1) is 6.20 Å². The van der Waals surface area contributed by atoms with E-state index in [9.17, 15) is 0 Å². The van der Waals surface area contributed by atoms with Crippen LogP contribution in [0.2, 0.25) is 0 Å². The molecule has 10 rings (SSSR count). The van der Waals surface area contributed by atoms with Crippen LogP contribution >= 0.6 is 0 Å². The number of benzene rings is 6. The van der Waals surface area contributed by atoms with Gasteiger partial charge >= 0.3 is 0 Å². The van der Waals surface area contributed by atoms with Gasteiger partial charge in [-0.15, -0.1) is 0 Å². The van der Waals surface area contributed by atoms with Crippen LogP contribution in [0.4, 0.5) is 0 Å². The molecule has 4 heterocycles. The lowest BCUT2D eigenvalue weighted by Crippen LogP contribution is -2.00. The van der Waals surface area contributed by atoms with Crippen molar-refractivity contribution in [3.8, 4) is 45.3 Å². The van der Waals surface area contributed by atoms with Crippen LogP contribution in [0.1, 0.15) is 0 Å². The van der Waals surface area contributed by atoms with E-state index in [1.165, 1.54) is 0 Å². The van der Waals surface area contributed by atoms with E-state index < -0.39 is 0 Å². The third-order valence-electron chi connectivity index (χ3n) is 9.03. The summed E-state index contributed by atoms with van der Waals surface area (Å²) in [5.41, 5.74) is 8.08. The van der Waals surface area contributed by atoms with Crippen LogP contribution in [0.5, 0.6) is 0 Å². The van der Waals surface area contributed by atoms with E-state index >= 15 is 0 Å². The topological polar surface area (TPSA) is 77.8 Å². The number of furan rings is 2. The molecular weight excluding hydrogens is 592 g/mol. The van der Waals surface area contributed by atoms with Gasteiger partial charge in [-0.1, -0.05) is 109 Å². The van der Waals surface area contributed by atoms with Crippen molar-refractivity contribution >= 4 is 54.6 Å². The third kappa shape index (κ3) is 4.13. The van der Waals surface area contributed by atoms with Crippen LogP contribution in [0.25, 0.3) is 99.9 Å². The van der Waals surface area contributed by atoms with Crippen molar-refractivity contribution in [1.82, 2.24) is 19.9 Å². The van der Waals surface area contributed by atoms with E-state index in [2.05, 4.69) is 59.6 Å². The molecule has 0 radical (unpaired) electrons. The fraction of sp³-hybridized carbons (Fsp3) is 0. The summed E-state index contributed by atoms with van der Waals surface area (Å²) in [7, 11) is 0. The fourth-order valence-corrected chi connectivity index (χ4v) is 6.84. The van der Waals surface area contributed by atoms with E-state index in [-0.39, 0.29) is 0 Å². The normalized spacial score (nSPS) is 11.8. The molecule has 0 amide bonds. The van der Waals surface area contributed by atoms with Crippen molar-refractivity contribution in [2.45, 2.75) is 0 Å². The third-order valence-corrected chi connectivity index (χ3v) is 9.03. The minimum absolute atomic E-state index is 0.592. The van der Waals surface area contributed by atoms with Gasteiger partial charge in [-0.25, -0.2) is 15.0 Å². The van der Waals surface area contributed by atoms with Gasteiger partial charge in [0.1, 0.15) is 16.7 Å². The second-order valence-corrected chi connectivity index (χ2v) is 11.8. The highest BCUT2D eigenvalue weighted by Crippen LogP contribution is 2.40. The molecular formula is C42H24N4O2. The van der Waals surface area contributed by atoms with E-state index in [0.29, 0.717) is 17.5 Å². The smallest absolute Gasteiger partial charge is 0.164 e. The molecule has 0 fully saturated rings. The van der Waals surface area contributed by atoms with Gasteiger partial charge in [0.2, 0.25) is 0 Å². The van der Waals surface area contributed by atoms with Crippen LogP contribution in [-0.2, 0) is 0 Å². The summed E-state index contributed by atoms with van der Waals surface area (Å²) in [4.78, 5) is 19.7. The lowest BCUT2D eigenvalue weighted by Gasteiger charge is -2.11. The SMILES string of the molecule is c1ccc(-c2nc(-c3ccc4c(-c5cncc6oc7ccccc7c56)cccc4c3)nc(-c3cccc4oc5ccccc5c34)n2)cc1. The summed E-state index contributed by atoms with van der Waals surface area (Å²) in [6, 6.07) is 45.0. The average Bonchev–Trinajstić information content (AvgIpc) is 3.73. The Labute approximate surface area is 274 Å². The van der Waals surface area contributed by atoms with Crippen LogP contribution in [0, 0.1) is 0 Å². The minimum Gasteiger partial charge on any atom is -0.456 e. The Hall–Kier alpha value is -6.66. The highest BCUT2D eigenvalue weighted by atomic mass is 16.3. The van der Waals surface area contributed by atoms with E-state index in [1.54, 1.807) is 6.20 Å². The van der Waals surface area contributed by atoms with Crippen molar-refractivity contribution in [2.75, 3.05) is 0 Å². The van der Waals surface area contributed by atoms with Crippen molar-refractivity contribution in [2.24, 2.45) is 0 Å². The van der Waals surface area contributed by atoms with Gasteiger partial charge in [-0.3, -0.25) is 4.98 Å². The largest absolute Gasteiger partial charge is 0.456 e. The number of nitrogens with zero attached hydrogens (tertiary/aromatic N) is 4. The molecule has 6 aromatic carbocycles. The zero-order chi connectivity index (χ0) is 31.6. The van der Waals surface area contributed by atoms with Gasteiger partial charge in [0, 0.05) is 50.0 Å². The van der Waals surface area contributed by atoms with Crippen LogP contribution in [0.3, 0.4) is 0 Å². The first kappa shape index (κ1) is 26.5. The van der Waals surface area contributed by atoms with E-state index in [4.69, 9.17) is 23.8 Å². The number of hydrogen-bond donors (Lipinski definition) is 0. The lowest BCUT2D eigenvalue weighted by atomic mass is 9.95. The molecule has 0 unspecified atom stereocenters. The maximum Gasteiger partial charge on any atom is 0.164 e. The molecule has 48 heavy (non-hydrogen) atoms. The molecule has 6 nitrogen and oxygen atoms in total. The molecule has 0 aliphatic rings. The lowest BCUT2D eigenvalue weighted by molar-refractivity contribution is 0.667. The Bertz CT molecular complexity index is 2850. The second kappa shape index (κ2) is 10.4. The molecule has 0 spiro atoms. The van der Waals surface area contributed by atoms with Gasteiger partial charge in [0.25, 0.3) is 0 Å². The quantitative estimate of drug-likeness (QED) is 0.196. The molecule has 0 atom stereocenters. The monoisotopic (exact) mass is 616 g/mol. The molecule has 0 saturated carbocycles. The average molecular weight is 617 g/mol. The van der Waals surface area contributed by atoms with Crippen LogP contribution in [0.15, 0.2) is 155 Å². The van der Waals surface area contributed by atoms with Gasteiger partial charge in [-0.05, 0) is 40.6 Å². The van der Waals surface area contributed by atoms with E-state index in [1.807, 2.05) is 85.1 Å². The Morgan fingerprint density at radius 3 is 1.81 bits per heavy atom. The van der Waals surface area contributed by atoms with Gasteiger partial charge < -0.3 is 8.83 Å². The molecule has 0 N–H and O–H groups in total. The maximum atomic E-state index is 6.20. The first-order valence-electron chi connectivity index (χ1n) is 15.8. The zero-order valence-electron chi connectivity index (χ0n) is 25.5. The molecule has 0 aliphatic heterocycles. The van der Waals surface area contributed by atoms with Crippen molar-refractivity contribution in [1.29, 1.82) is 0 Å². The predicted molar refractivity (Wildman–Crippen MR) is 191 cm³/mol. The van der Waals surface area contributed by atoms with Crippen molar-refractivity contribution < 1.29 is 8.83 Å². The number of aromatic nitrogens is 4. The standard InChI is InChI=1S/C42H24N4O2/c1-2-10-25(11-3-1)40-44-41(46-42(45-40)32-16-9-19-36-38(32)30-13-4-6-17-34(30)47-36)27-20-21-28-26(22-27)12-8-15-29(28)33-23-43-24-37-39(33)31-14-5-7-18-35(31)48-37/h1-24H. The van der Waals surface area contributed by atoms with Gasteiger partial charge in [-0.2, -0.15) is 0 Å². The summed E-state index contributed by atoms with van der Waals surface area (Å²) in [5.74, 6) is 1.80. The molecule has 0 bridgehead atoms. The van der Waals surface area contributed by atoms with Gasteiger partial charge in [0.15, 0.2) is 23.1 Å². The summed E-state index contributed by atoms with van der Waals surface area (Å²) in [6.07, 6.45) is 3.72. The number of pyridine rings is 1. The maximum absolute atomic E-state index is 6.20. The number of hydrogen-bond acceptors (Lipinski definition) is 6. The molecule has 4 aromatic heterocycles. The fourth-order valence-electron chi connectivity index (χ4n) is 6.84. The zero-order valence-corrected chi connectivity index (χ0v) is 25.5. The Kier molecular flexibility index (Phi) is 5.77. The Morgan fingerprint density at radius 2 is 1.00 bits per heavy atom. The summed E-state index contributed by atoms with van der Waals surface area (Å²) in [5, 5.41) is 6.33. The number of rotatable bonds is 4. The van der Waals surface area contributed by atoms with Crippen LogP contribution in [-0.4, -0.2) is 19.9 Å². The predicted octanol–water partition coefficient (Wildman–Crippen LogP) is 10.9. The van der Waals surface area contributed by atoms with Crippen molar-refractivity contribution in [3.63, 3.8) is 0 Å². The van der Waals surface area contributed by atoms with E-state index in [0.717, 1.165) is 82.5 Å². The summed E-state index contributed by atoms with van der Waals surface area (Å²) < 4.78 is 12.4. The highest BCUT2D eigenvalue weighted by molar-refractivity contribution is 6.15. The summed E-state index contributed by atoms with van der Waals surface area (Å²) in [6.45, 7) is 0. The Morgan fingerprint density at radius 1 is 0.375 bits per heavy atom. The molecule has 0 saturated heterocycles. The molecule has 0 aliphatic carbocycles. The first-order valence-corrected chi connectivity index (χ1v) is 15.8. The van der Waals surface area contributed by atoms with Crippen molar-refractivity contribution in [3.05, 3.63) is 146 Å². The molecule has 224 valence electrons. The Balaban J connectivity index is 1.17. The number of para-hydroxylation sites is 2. The second-order valence-electron chi connectivity index (χ2n) is 11.8. The minimum atomic E-state index is 0.592. The first-order chi connectivity index (χ1) is 23.8. The highest BCUT2D eigenvalue weighted by Gasteiger charge is 2.19. The number of fused-ring (bicyclic) bond motifs is 7. The summed E-state index contributed by atoms with van der Waals surface area (Å²) >= 11 is 0.